The van der Waals surface area contributed by atoms with Crippen molar-refractivity contribution >= 4 is 76.5 Å². The second-order valence-corrected chi connectivity index (χ2v) is 21.6. The molecule has 4 saturated heterocycles. The number of thioether (sulfide) groups is 2. The van der Waals surface area contributed by atoms with E-state index >= 15 is 0 Å². The molecule has 4 aliphatic heterocycles. The summed E-state index contributed by atoms with van der Waals surface area (Å²) in [6.45, 7) is 5.80. The molecule has 4 fully saturated rings. The highest BCUT2D eigenvalue weighted by molar-refractivity contribution is 8.00. The Hall–Kier alpha value is -5.27. The number of furan rings is 1. The van der Waals surface area contributed by atoms with E-state index in [9.17, 15) is 43.2 Å². The number of nitrogens with one attached hydrogen (secondary N) is 3. The fraction of sp³-hybridized carbons (Fsp3) is 0.571. The molecule has 1 aromatic heterocycles. The summed E-state index contributed by atoms with van der Waals surface area (Å²) in [4.78, 5) is 120. The lowest BCUT2D eigenvalue weighted by atomic mass is 9.61. The van der Waals surface area contributed by atoms with Gasteiger partial charge in [-0.15, -0.1) is 11.8 Å². The van der Waals surface area contributed by atoms with E-state index in [0.29, 0.717) is 92.5 Å². The molecule has 19 heteroatoms. The van der Waals surface area contributed by atoms with Crippen molar-refractivity contribution in [3.63, 3.8) is 0 Å². The molecule has 6 atom stereocenters. The molecule has 2 aromatic rings. The zero-order valence-electron chi connectivity index (χ0n) is 38.3. The summed E-state index contributed by atoms with van der Waals surface area (Å²) < 4.78 is 11.7. The fourth-order valence-corrected chi connectivity index (χ4v) is 13.5. The largest absolute Gasteiger partial charge is 0.460 e. The van der Waals surface area contributed by atoms with Gasteiger partial charge >= 0.3 is 12.0 Å². The minimum Gasteiger partial charge on any atom is -0.460 e. The zero-order chi connectivity index (χ0) is 47.7. The highest BCUT2D eigenvalue weighted by atomic mass is 32.2. The monoisotopic (exact) mass is 970 g/mol. The molecule has 0 saturated carbocycles. The maximum Gasteiger partial charge on any atom is 0.315 e. The Labute approximate surface area is 403 Å². The number of hydrogen-bond acceptors (Lipinski definition) is 14. The number of likely N-dealkylation sites (tertiary alicyclic amines) is 1. The number of urea groups is 1. The zero-order valence-corrected chi connectivity index (χ0v) is 39.9. The summed E-state index contributed by atoms with van der Waals surface area (Å²) >= 11 is 3.15. The molecule has 7 aliphatic rings. The molecule has 17 nitrogen and oxygen atoms in total. The number of rotatable bonds is 19. The number of fused-ring (bicyclic) bond motifs is 4. The van der Waals surface area contributed by atoms with Crippen molar-refractivity contribution < 1.29 is 52.3 Å². The van der Waals surface area contributed by atoms with Gasteiger partial charge in [0.25, 0.3) is 0 Å². The van der Waals surface area contributed by atoms with Crippen LogP contribution in [0.5, 0.6) is 0 Å². The second kappa shape index (κ2) is 20.4. The number of ether oxygens (including phenoxy) is 1. The number of amides is 6. The summed E-state index contributed by atoms with van der Waals surface area (Å²) in [7, 11) is 0. The molecular formula is C49H58N6O11S2. The number of ketones is 3. The summed E-state index contributed by atoms with van der Waals surface area (Å²) in [5.74, 6) is -0.497. The Balaban J connectivity index is 0.633. The highest BCUT2D eigenvalue weighted by Crippen LogP contribution is 2.54. The van der Waals surface area contributed by atoms with Gasteiger partial charge in [0.05, 0.1) is 30.0 Å². The lowest BCUT2D eigenvalue weighted by molar-refractivity contribution is -0.150. The predicted octanol–water partition coefficient (Wildman–Crippen LogP) is 4.24. The summed E-state index contributed by atoms with van der Waals surface area (Å²) in [5.41, 5.74) is 1.93. The average molecular weight is 971 g/mol. The number of unbranched alkanes of at least 4 members (excludes halogenated alkanes) is 3. The molecule has 0 radical (unpaired) electrons. The normalized spacial score (nSPS) is 26.0. The predicted molar refractivity (Wildman–Crippen MR) is 252 cm³/mol. The third-order valence-corrected chi connectivity index (χ3v) is 17.4. The van der Waals surface area contributed by atoms with Gasteiger partial charge in [0.15, 0.2) is 17.3 Å². The van der Waals surface area contributed by atoms with Crippen LogP contribution in [0.1, 0.15) is 144 Å². The van der Waals surface area contributed by atoms with Crippen molar-refractivity contribution in [2.75, 3.05) is 57.3 Å². The fourth-order valence-electron chi connectivity index (χ4n) is 10.9. The number of nitrogens with zero attached hydrogens (tertiary/aromatic N) is 3. The standard InChI is InChI=1S/C49H58N6O11S2/c1-49-14-12-36(31-26-65-46(43(31)49)45(62)30-23-28-29(24-32(30)49)35(57)11-10-34(28)56)66-42(61)13-22-67-38-25-41(60)55(47(38)63)21-18-53-16-19-54(20-17-53)40(59)9-3-2-6-15-50-39(58)8-5-4-7-37-44-33(27-68-37)51-48(64)52-44/h10-11,23-24,26,33,36-38,44H,2-9,12-22,25,27H2,1H3,(H,50,58)(H2,51,52,64)/t33?,36?,37-,38?,44?,49-/m0/s1. The van der Waals surface area contributed by atoms with Gasteiger partial charge in [0, 0.05) is 115 Å². The number of carbonyl (C=O) groups is 9. The first-order valence-electron chi connectivity index (χ1n) is 24.0. The Morgan fingerprint density at radius 1 is 0.897 bits per heavy atom. The lowest BCUT2D eigenvalue weighted by Crippen LogP contribution is -2.50. The smallest absolute Gasteiger partial charge is 0.315 e. The molecule has 5 heterocycles. The SMILES string of the molecule is C[C@@]12CCC(OC(=O)CCSC3CC(=O)N(CCN4CCN(C(=O)CCCCCNC(=O)CCCC[C@@H]5SCC6NC(=O)NC65)CC4)C3=O)c3coc(c31)C(=O)c1cc3c(cc12)C(=O)C=CC3=O. The van der Waals surface area contributed by atoms with Gasteiger partial charge in [-0.2, -0.15) is 11.8 Å². The Morgan fingerprint density at radius 3 is 2.46 bits per heavy atom. The van der Waals surface area contributed by atoms with Gasteiger partial charge in [-0.3, -0.25) is 48.2 Å². The summed E-state index contributed by atoms with van der Waals surface area (Å²) in [6, 6.07) is 3.48. The average Bonchev–Trinajstić information content (AvgIpc) is 4.10. The topological polar surface area (TPSA) is 222 Å². The van der Waals surface area contributed by atoms with E-state index in [4.69, 9.17) is 9.15 Å². The van der Waals surface area contributed by atoms with E-state index in [-0.39, 0.29) is 95.3 Å². The minimum absolute atomic E-state index is 0.0139. The lowest BCUT2D eigenvalue weighted by Gasteiger charge is -2.41. The van der Waals surface area contributed by atoms with Crippen molar-refractivity contribution in [3.05, 3.63) is 69.7 Å². The van der Waals surface area contributed by atoms with E-state index < -0.39 is 28.5 Å². The van der Waals surface area contributed by atoms with Crippen molar-refractivity contribution in [1.82, 2.24) is 30.7 Å². The molecule has 68 heavy (non-hydrogen) atoms. The van der Waals surface area contributed by atoms with Gasteiger partial charge in [-0.1, -0.05) is 19.8 Å². The number of esters is 1. The molecule has 1 aromatic carbocycles. The molecular weight excluding hydrogens is 913 g/mol. The second-order valence-electron chi connectivity index (χ2n) is 19.0. The molecule has 362 valence electrons. The molecule has 9 rings (SSSR count). The minimum atomic E-state index is -0.712. The van der Waals surface area contributed by atoms with E-state index in [1.165, 1.54) is 41.1 Å². The van der Waals surface area contributed by atoms with Crippen LogP contribution in [0.2, 0.25) is 0 Å². The number of hydrogen-bond donors (Lipinski definition) is 3. The Morgan fingerprint density at radius 2 is 1.66 bits per heavy atom. The first kappa shape index (κ1) is 47.8. The summed E-state index contributed by atoms with van der Waals surface area (Å²) in [5, 5.41) is 8.77. The van der Waals surface area contributed by atoms with Crippen LogP contribution >= 0.6 is 23.5 Å². The molecule has 3 aliphatic carbocycles. The van der Waals surface area contributed by atoms with Crippen LogP contribution in [0.3, 0.4) is 0 Å². The number of piperazine rings is 1. The van der Waals surface area contributed by atoms with Crippen molar-refractivity contribution in [2.45, 2.75) is 118 Å². The van der Waals surface area contributed by atoms with E-state index in [0.717, 1.165) is 44.3 Å². The van der Waals surface area contributed by atoms with Crippen LogP contribution in [0, 0.1) is 0 Å². The first-order chi connectivity index (χ1) is 32.8. The van der Waals surface area contributed by atoms with Crippen LogP contribution in [-0.2, 0) is 34.1 Å². The van der Waals surface area contributed by atoms with Crippen LogP contribution in [0.25, 0.3) is 0 Å². The van der Waals surface area contributed by atoms with Gasteiger partial charge in [0.2, 0.25) is 29.4 Å². The quantitative estimate of drug-likeness (QED) is 0.0776. The molecule has 3 N–H and O–H groups in total. The maximum atomic E-state index is 13.7. The third kappa shape index (κ3) is 9.79. The van der Waals surface area contributed by atoms with Crippen molar-refractivity contribution in [1.29, 1.82) is 0 Å². The van der Waals surface area contributed by atoms with Crippen LogP contribution in [-0.4, -0.2) is 148 Å². The third-order valence-electron chi connectivity index (χ3n) is 14.7. The Kier molecular flexibility index (Phi) is 14.3. The van der Waals surface area contributed by atoms with E-state index in [1.807, 2.05) is 23.6 Å². The number of imide groups is 1. The van der Waals surface area contributed by atoms with Crippen LogP contribution < -0.4 is 16.0 Å². The van der Waals surface area contributed by atoms with Crippen molar-refractivity contribution in [3.8, 4) is 0 Å². The van der Waals surface area contributed by atoms with Crippen LogP contribution in [0.15, 0.2) is 35.0 Å². The molecule has 0 bridgehead atoms. The highest BCUT2D eigenvalue weighted by Gasteiger charge is 2.50. The number of benzene rings is 1. The van der Waals surface area contributed by atoms with Crippen LogP contribution in [0.4, 0.5) is 4.79 Å². The van der Waals surface area contributed by atoms with Crippen molar-refractivity contribution in [2.24, 2.45) is 0 Å². The first-order valence-corrected chi connectivity index (χ1v) is 26.1. The molecule has 0 spiro atoms. The van der Waals surface area contributed by atoms with E-state index in [2.05, 4.69) is 20.9 Å². The van der Waals surface area contributed by atoms with Gasteiger partial charge < -0.3 is 30.0 Å². The maximum absolute atomic E-state index is 13.7. The summed E-state index contributed by atoms with van der Waals surface area (Å²) in [6.07, 6.45) is 10.4. The van der Waals surface area contributed by atoms with E-state index in [1.54, 1.807) is 6.07 Å². The van der Waals surface area contributed by atoms with Gasteiger partial charge in [-0.05, 0) is 68.4 Å². The molecule has 6 amide bonds. The Bertz CT molecular complexity index is 2450. The number of carbonyl (C=O) groups excluding carboxylic acids is 9. The van der Waals surface area contributed by atoms with Gasteiger partial charge in [-0.25, -0.2) is 4.79 Å². The number of allylic oxidation sites excluding steroid dienone is 2. The van der Waals surface area contributed by atoms with Gasteiger partial charge in [0.1, 0.15) is 6.10 Å². The molecule has 4 unspecified atom stereocenters.